The number of ether oxygens (including phenoxy) is 3. The first kappa shape index (κ1) is 33.4. The van der Waals surface area contributed by atoms with Crippen molar-refractivity contribution in [3.05, 3.63) is 108 Å². The summed E-state index contributed by atoms with van der Waals surface area (Å²) in [6.07, 6.45) is 6.69. The van der Waals surface area contributed by atoms with E-state index < -0.39 is 0 Å². The fourth-order valence-electron chi connectivity index (χ4n) is 7.71. The van der Waals surface area contributed by atoms with Crippen molar-refractivity contribution < 1.29 is 19.0 Å². The molecular weight excluding hydrogens is 628 g/mol. The van der Waals surface area contributed by atoms with Gasteiger partial charge in [-0.15, -0.1) is 0 Å². The van der Waals surface area contributed by atoms with Crippen molar-refractivity contribution in [2.45, 2.75) is 31.2 Å². The normalized spacial score (nSPS) is 18.3. The molecule has 5 aromatic rings. The van der Waals surface area contributed by atoms with Crippen LogP contribution in [0.3, 0.4) is 0 Å². The van der Waals surface area contributed by atoms with Gasteiger partial charge in [0.05, 0.1) is 38.9 Å². The van der Waals surface area contributed by atoms with Crippen LogP contribution in [0, 0.1) is 0 Å². The molecule has 7 rings (SSSR count). The number of anilines is 1. The Bertz CT molecular complexity index is 1890. The molecule has 2 aromatic heterocycles. The van der Waals surface area contributed by atoms with Gasteiger partial charge in [0.25, 0.3) is 5.91 Å². The minimum absolute atomic E-state index is 0.0263. The quantitative estimate of drug-likeness (QED) is 0.172. The van der Waals surface area contributed by atoms with E-state index in [1.807, 2.05) is 23.4 Å². The first-order chi connectivity index (χ1) is 24.5. The number of pyridine rings is 1. The van der Waals surface area contributed by atoms with Gasteiger partial charge in [-0.05, 0) is 73.8 Å². The Morgan fingerprint density at radius 1 is 0.840 bits per heavy atom. The fourth-order valence-corrected chi connectivity index (χ4v) is 7.71. The molecule has 0 N–H and O–H groups in total. The van der Waals surface area contributed by atoms with E-state index in [1.165, 1.54) is 5.56 Å². The Labute approximate surface area is 294 Å². The standard InChI is InChI=1S/C40H46N6O4/c1-48-35-25-31(26-36(49-2)37(35)50-3)38(47)45-22-17-40(29-45,32-12-5-4-6-13-32)16-21-43-19-10-20-44(24-23-43)39-42-33-14-7-8-15-34(33)46(39)28-30-11-9-18-41-27-30/h4-9,11-15,18,25-27H,10,16-17,19-24,28-29H2,1-3H3. The van der Waals surface area contributed by atoms with Crippen molar-refractivity contribution in [3.8, 4) is 17.2 Å². The van der Waals surface area contributed by atoms with E-state index in [2.05, 4.69) is 80.0 Å². The summed E-state index contributed by atoms with van der Waals surface area (Å²) in [6, 6.07) is 26.8. The number of methoxy groups -OCH3 is 3. The van der Waals surface area contributed by atoms with Gasteiger partial charge in [0.1, 0.15) is 0 Å². The van der Waals surface area contributed by atoms with Crippen LogP contribution < -0.4 is 19.1 Å². The first-order valence-corrected chi connectivity index (χ1v) is 17.5. The van der Waals surface area contributed by atoms with Crippen LogP contribution >= 0.6 is 0 Å². The predicted molar refractivity (Wildman–Crippen MR) is 196 cm³/mol. The Kier molecular flexibility index (Phi) is 9.89. The zero-order valence-corrected chi connectivity index (χ0v) is 29.3. The molecule has 0 spiro atoms. The summed E-state index contributed by atoms with van der Waals surface area (Å²) < 4.78 is 18.9. The Hall–Kier alpha value is -5.09. The van der Waals surface area contributed by atoms with E-state index >= 15 is 0 Å². The van der Waals surface area contributed by atoms with Crippen LogP contribution in [0.1, 0.15) is 40.7 Å². The number of fused-ring (bicyclic) bond motifs is 1. The molecule has 3 aromatic carbocycles. The molecule has 0 bridgehead atoms. The number of benzene rings is 3. The number of carbonyl (C=O) groups excluding carboxylic acids is 1. The van der Waals surface area contributed by atoms with Crippen molar-refractivity contribution in [3.63, 3.8) is 0 Å². The molecule has 1 unspecified atom stereocenters. The number of nitrogens with zero attached hydrogens (tertiary/aromatic N) is 6. The summed E-state index contributed by atoms with van der Waals surface area (Å²) in [5.74, 6) is 2.43. The number of rotatable bonds is 11. The maximum atomic E-state index is 14.0. The van der Waals surface area contributed by atoms with Crippen molar-refractivity contribution in [2.75, 3.05) is 72.0 Å². The second-order valence-electron chi connectivity index (χ2n) is 13.3. The van der Waals surface area contributed by atoms with Gasteiger partial charge >= 0.3 is 0 Å². The number of imidazole rings is 1. The van der Waals surface area contributed by atoms with Crippen LogP contribution in [0.5, 0.6) is 17.2 Å². The van der Waals surface area contributed by atoms with E-state index in [4.69, 9.17) is 19.2 Å². The second kappa shape index (κ2) is 14.8. The van der Waals surface area contributed by atoms with Crippen molar-refractivity contribution >= 4 is 22.9 Å². The largest absolute Gasteiger partial charge is 0.493 e. The van der Waals surface area contributed by atoms with E-state index in [-0.39, 0.29) is 11.3 Å². The predicted octanol–water partition coefficient (Wildman–Crippen LogP) is 5.89. The molecule has 0 aliphatic carbocycles. The van der Waals surface area contributed by atoms with Crippen molar-refractivity contribution in [1.29, 1.82) is 0 Å². The van der Waals surface area contributed by atoms with E-state index in [1.54, 1.807) is 33.5 Å². The van der Waals surface area contributed by atoms with Gasteiger partial charge in [-0.25, -0.2) is 4.98 Å². The molecular formula is C40H46N6O4. The highest BCUT2D eigenvalue weighted by Crippen LogP contribution is 2.41. The summed E-state index contributed by atoms with van der Waals surface area (Å²) in [7, 11) is 4.71. The van der Waals surface area contributed by atoms with E-state index in [9.17, 15) is 4.79 Å². The molecule has 2 saturated heterocycles. The summed E-state index contributed by atoms with van der Waals surface area (Å²) in [6.45, 7) is 6.87. The number of carbonyl (C=O) groups is 1. The van der Waals surface area contributed by atoms with Gasteiger partial charge in [0.15, 0.2) is 11.5 Å². The van der Waals surface area contributed by atoms with Crippen LogP contribution in [0.15, 0.2) is 91.3 Å². The lowest BCUT2D eigenvalue weighted by Gasteiger charge is -2.33. The minimum Gasteiger partial charge on any atom is -0.493 e. The van der Waals surface area contributed by atoms with Crippen LogP contribution in [0.4, 0.5) is 5.95 Å². The molecule has 4 heterocycles. The summed E-state index contributed by atoms with van der Waals surface area (Å²) in [5, 5.41) is 0. The summed E-state index contributed by atoms with van der Waals surface area (Å²) >= 11 is 0. The maximum absolute atomic E-state index is 14.0. The molecule has 2 fully saturated rings. The molecule has 260 valence electrons. The summed E-state index contributed by atoms with van der Waals surface area (Å²) in [5.41, 5.74) is 5.01. The first-order valence-electron chi connectivity index (χ1n) is 17.5. The van der Waals surface area contributed by atoms with Gasteiger partial charge < -0.3 is 33.5 Å². The molecule has 1 amide bonds. The fraction of sp³-hybridized carbons (Fsp3) is 0.375. The molecule has 0 radical (unpaired) electrons. The Balaban J connectivity index is 1.07. The zero-order valence-electron chi connectivity index (χ0n) is 29.3. The molecule has 10 heteroatoms. The van der Waals surface area contributed by atoms with Crippen molar-refractivity contribution in [2.24, 2.45) is 0 Å². The number of hydrogen-bond acceptors (Lipinski definition) is 8. The van der Waals surface area contributed by atoms with Gasteiger partial charge in [0, 0.05) is 56.1 Å². The lowest BCUT2D eigenvalue weighted by atomic mass is 9.76. The van der Waals surface area contributed by atoms with Crippen LogP contribution in [0.25, 0.3) is 11.0 Å². The average Bonchev–Trinajstić information content (AvgIpc) is 3.68. The lowest BCUT2D eigenvalue weighted by molar-refractivity contribution is 0.0780. The SMILES string of the molecule is COc1cc(C(=O)N2CCC(CCN3CCCN(c4nc5ccccc5n4Cc4cccnc4)CC3)(c3ccccc3)C2)cc(OC)c1OC. The number of hydrogen-bond donors (Lipinski definition) is 0. The Morgan fingerprint density at radius 2 is 1.62 bits per heavy atom. The Morgan fingerprint density at radius 3 is 2.36 bits per heavy atom. The van der Waals surface area contributed by atoms with E-state index in [0.717, 1.165) is 81.1 Å². The monoisotopic (exact) mass is 674 g/mol. The maximum Gasteiger partial charge on any atom is 0.254 e. The van der Waals surface area contributed by atoms with Crippen LogP contribution in [-0.2, 0) is 12.0 Å². The van der Waals surface area contributed by atoms with E-state index in [0.29, 0.717) is 35.9 Å². The number of amides is 1. The highest BCUT2D eigenvalue weighted by molar-refractivity contribution is 5.96. The number of para-hydroxylation sites is 2. The molecule has 10 nitrogen and oxygen atoms in total. The number of aromatic nitrogens is 3. The smallest absolute Gasteiger partial charge is 0.254 e. The second-order valence-corrected chi connectivity index (χ2v) is 13.3. The summed E-state index contributed by atoms with van der Waals surface area (Å²) in [4.78, 5) is 30.5. The van der Waals surface area contributed by atoms with Gasteiger partial charge in [-0.3, -0.25) is 9.78 Å². The average molecular weight is 675 g/mol. The lowest BCUT2D eigenvalue weighted by Crippen LogP contribution is -2.39. The molecule has 1 atom stereocenters. The third-order valence-electron chi connectivity index (χ3n) is 10.4. The topological polar surface area (TPSA) is 85.2 Å². The molecule has 2 aliphatic heterocycles. The third kappa shape index (κ3) is 6.72. The van der Waals surface area contributed by atoms with Gasteiger partial charge in [-0.1, -0.05) is 48.5 Å². The highest BCUT2D eigenvalue weighted by Gasteiger charge is 2.42. The van der Waals surface area contributed by atoms with Gasteiger partial charge in [0.2, 0.25) is 11.7 Å². The molecule has 0 saturated carbocycles. The highest BCUT2D eigenvalue weighted by atomic mass is 16.5. The molecule has 2 aliphatic rings. The minimum atomic E-state index is -0.138. The van der Waals surface area contributed by atoms with Gasteiger partial charge in [-0.2, -0.15) is 0 Å². The molecule has 50 heavy (non-hydrogen) atoms. The number of likely N-dealkylation sites (tertiary alicyclic amines) is 1. The van der Waals surface area contributed by atoms with Crippen LogP contribution in [-0.4, -0.2) is 97.4 Å². The zero-order chi connectivity index (χ0) is 34.5. The third-order valence-corrected chi connectivity index (χ3v) is 10.4. The van der Waals surface area contributed by atoms with Crippen LogP contribution in [0.2, 0.25) is 0 Å². The van der Waals surface area contributed by atoms with Crippen molar-refractivity contribution in [1.82, 2.24) is 24.3 Å².